The summed E-state index contributed by atoms with van der Waals surface area (Å²) in [6.07, 6.45) is 3.95. The molecule has 1 aliphatic rings. The maximum Gasteiger partial charge on any atom is 0.248 e. The van der Waals surface area contributed by atoms with Crippen LogP contribution in [0.5, 0.6) is 0 Å². The van der Waals surface area contributed by atoms with E-state index < -0.39 is 0 Å². The van der Waals surface area contributed by atoms with E-state index >= 15 is 0 Å². The van der Waals surface area contributed by atoms with E-state index in [1.807, 2.05) is 17.2 Å². The van der Waals surface area contributed by atoms with Gasteiger partial charge in [0.1, 0.15) is 6.61 Å². The summed E-state index contributed by atoms with van der Waals surface area (Å²) in [6.45, 7) is 2.71. The lowest BCUT2D eigenvalue weighted by atomic mass is 10.0. The molecule has 1 aromatic heterocycles. The van der Waals surface area contributed by atoms with Crippen LogP contribution in [0, 0.1) is 0 Å². The summed E-state index contributed by atoms with van der Waals surface area (Å²) >= 11 is 0. The third-order valence-electron chi connectivity index (χ3n) is 3.36. The van der Waals surface area contributed by atoms with Crippen LogP contribution >= 0.6 is 0 Å². The predicted octanol–water partition coefficient (Wildman–Crippen LogP) is 0.742. The Balaban J connectivity index is 1.68. The third-order valence-corrected chi connectivity index (χ3v) is 3.36. The second kappa shape index (κ2) is 6.56. The van der Waals surface area contributed by atoms with Gasteiger partial charge in [0.2, 0.25) is 5.91 Å². The molecule has 2 N–H and O–H groups in total. The molecule has 0 unspecified atom stereocenters. The third kappa shape index (κ3) is 3.58. The molecule has 1 aliphatic heterocycles. The van der Waals surface area contributed by atoms with Crippen molar-refractivity contribution in [2.45, 2.75) is 25.4 Å². The summed E-state index contributed by atoms with van der Waals surface area (Å²) in [5.74, 6) is 0.0975. The zero-order valence-corrected chi connectivity index (χ0v) is 10.8. The second-order valence-electron chi connectivity index (χ2n) is 4.66. The molecule has 2 rings (SSSR count). The van der Waals surface area contributed by atoms with Crippen molar-refractivity contribution in [1.82, 2.24) is 15.2 Å². The Labute approximate surface area is 108 Å². The van der Waals surface area contributed by atoms with Crippen molar-refractivity contribution in [1.29, 1.82) is 0 Å². The van der Waals surface area contributed by atoms with Crippen LogP contribution in [0.3, 0.4) is 0 Å². The Kier molecular flexibility index (Phi) is 4.78. The Morgan fingerprint density at radius 1 is 1.56 bits per heavy atom. The van der Waals surface area contributed by atoms with Crippen LogP contribution in [0.1, 0.15) is 18.5 Å². The van der Waals surface area contributed by atoms with Gasteiger partial charge in [0.15, 0.2) is 0 Å². The zero-order chi connectivity index (χ0) is 12.8. The predicted molar refractivity (Wildman–Crippen MR) is 69.1 cm³/mol. The summed E-state index contributed by atoms with van der Waals surface area (Å²) in [7, 11) is 1.56. The molecule has 0 saturated carbocycles. The fraction of sp³-hybridized carbons (Fsp3) is 0.615. The Morgan fingerprint density at radius 3 is 2.94 bits per heavy atom. The van der Waals surface area contributed by atoms with E-state index in [4.69, 9.17) is 4.74 Å². The lowest BCUT2D eigenvalue weighted by molar-refractivity contribution is -0.136. The molecule has 1 aromatic rings. The van der Waals surface area contributed by atoms with Crippen LogP contribution in [0.25, 0.3) is 0 Å². The molecule has 0 radical (unpaired) electrons. The Hall–Kier alpha value is -1.33. The quantitative estimate of drug-likeness (QED) is 0.811. The molecule has 0 bridgehead atoms. The summed E-state index contributed by atoms with van der Waals surface area (Å²) in [4.78, 5) is 16.7. The van der Waals surface area contributed by atoms with Gasteiger partial charge < -0.3 is 19.9 Å². The number of nitrogens with one attached hydrogen (secondary N) is 2. The molecule has 5 heteroatoms. The minimum Gasteiger partial charge on any atom is -0.375 e. The number of carbonyl (C=O) groups is 1. The number of ether oxygens (including phenoxy) is 1. The van der Waals surface area contributed by atoms with Crippen molar-refractivity contribution in [3.63, 3.8) is 0 Å². The van der Waals surface area contributed by atoms with Gasteiger partial charge in [-0.25, -0.2) is 0 Å². The molecule has 0 spiro atoms. The SMILES string of the molecule is COCC(=O)N1CCC(NCc2ccc[nH]2)CC1. The van der Waals surface area contributed by atoms with Gasteiger partial charge in [0.05, 0.1) is 0 Å². The van der Waals surface area contributed by atoms with Crippen LogP contribution in [-0.4, -0.2) is 48.6 Å². The molecule has 0 atom stereocenters. The number of carbonyl (C=O) groups excluding carboxylic acids is 1. The van der Waals surface area contributed by atoms with E-state index in [1.165, 1.54) is 5.69 Å². The number of aromatic nitrogens is 1. The number of amides is 1. The lowest BCUT2D eigenvalue weighted by Crippen LogP contribution is -2.45. The second-order valence-corrected chi connectivity index (χ2v) is 4.66. The van der Waals surface area contributed by atoms with E-state index in [2.05, 4.69) is 16.4 Å². The van der Waals surface area contributed by atoms with E-state index in [-0.39, 0.29) is 12.5 Å². The van der Waals surface area contributed by atoms with E-state index in [0.717, 1.165) is 32.5 Å². The number of methoxy groups -OCH3 is 1. The summed E-state index contributed by atoms with van der Waals surface area (Å²) < 4.78 is 4.87. The topological polar surface area (TPSA) is 57.4 Å². The molecule has 1 saturated heterocycles. The van der Waals surface area contributed by atoms with Crippen molar-refractivity contribution >= 4 is 5.91 Å². The standard InChI is InChI=1S/C13H21N3O2/c1-18-10-13(17)16-7-4-11(5-8-16)15-9-12-3-2-6-14-12/h2-3,6,11,14-15H,4-5,7-10H2,1H3. The molecule has 5 nitrogen and oxygen atoms in total. The van der Waals surface area contributed by atoms with Gasteiger partial charge in [-0.2, -0.15) is 0 Å². The van der Waals surface area contributed by atoms with E-state index in [1.54, 1.807) is 7.11 Å². The first-order valence-electron chi connectivity index (χ1n) is 6.42. The average molecular weight is 251 g/mol. The fourth-order valence-corrected chi connectivity index (χ4v) is 2.28. The molecule has 2 heterocycles. The number of rotatable bonds is 5. The van der Waals surface area contributed by atoms with Crippen molar-refractivity contribution in [2.75, 3.05) is 26.8 Å². The monoisotopic (exact) mass is 251 g/mol. The summed E-state index contributed by atoms with van der Waals surface area (Å²) in [5.41, 5.74) is 1.20. The summed E-state index contributed by atoms with van der Waals surface area (Å²) in [6, 6.07) is 4.58. The average Bonchev–Trinajstić information content (AvgIpc) is 2.90. The minimum atomic E-state index is 0.0975. The van der Waals surface area contributed by atoms with Gasteiger partial charge >= 0.3 is 0 Å². The van der Waals surface area contributed by atoms with Crippen LogP contribution in [0.4, 0.5) is 0 Å². The number of aromatic amines is 1. The molecule has 18 heavy (non-hydrogen) atoms. The Morgan fingerprint density at radius 2 is 2.33 bits per heavy atom. The molecule has 0 aliphatic carbocycles. The Bertz CT molecular complexity index is 356. The van der Waals surface area contributed by atoms with Gasteiger partial charge in [-0.15, -0.1) is 0 Å². The minimum absolute atomic E-state index is 0.0975. The molecule has 1 fully saturated rings. The normalized spacial score (nSPS) is 17.1. The lowest BCUT2D eigenvalue weighted by Gasteiger charge is -2.32. The number of H-pyrrole nitrogens is 1. The van der Waals surface area contributed by atoms with Gasteiger partial charge in [-0.05, 0) is 25.0 Å². The van der Waals surface area contributed by atoms with E-state index in [9.17, 15) is 4.79 Å². The highest BCUT2D eigenvalue weighted by Gasteiger charge is 2.22. The largest absolute Gasteiger partial charge is 0.375 e. The molecule has 1 amide bonds. The first-order chi connectivity index (χ1) is 8.79. The summed E-state index contributed by atoms with van der Waals surface area (Å²) in [5, 5.41) is 3.51. The van der Waals surface area contributed by atoms with Crippen LogP contribution < -0.4 is 5.32 Å². The highest BCUT2D eigenvalue weighted by Crippen LogP contribution is 2.11. The number of hydrogen-bond donors (Lipinski definition) is 2. The van der Waals surface area contributed by atoms with Gasteiger partial charge in [0.25, 0.3) is 0 Å². The van der Waals surface area contributed by atoms with Crippen LogP contribution in [0.2, 0.25) is 0 Å². The number of piperidine rings is 1. The van der Waals surface area contributed by atoms with Gasteiger partial charge in [-0.1, -0.05) is 0 Å². The van der Waals surface area contributed by atoms with Crippen LogP contribution in [0.15, 0.2) is 18.3 Å². The molecular weight excluding hydrogens is 230 g/mol. The number of hydrogen-bond acceptors (Lipinski definition) is 3. The number of likely N-dealkylation sites (tertiary alicyclic amines) is 1. The fourth-order valence-electron chi connectivity index (χ4n) is 2.28. The van der Waals surface area contributed by atoms with E-state index in [0.29, 0.717) is 6.04 Å². The number of nitrogens with zero attached hydrogens (tertiary/aromatic N) is 1. The van der Waals surface area contributed by atoms with Crippen LogP contribution in [-0.2, 0) is 16.1 Å². The van der Waals surface area contributed by atoms with Crippen molar-refractivity contribution in [3.8, 4) is 0 Å². The smallest absolute Gasteiger partial charge is 0.248 e. The highest BCUT2D eigenvalue weighted by molar-refractivity contribution is 5.77. The maximum absolute atomic E-state index is 11.6. The first kappa shape index (κ1) is 13.1. The van der Waals surface area contributed by atoms with Crippen molar-refractivity contribution in [3.05, 3.63) is 24.0 Å². The van der Waals surface area contributed by atoms with Gasteiger partial charge in [-0.3, -0.25) is 4.79 Å². The molecular formula is C13H21N3O2. The van der Waals surface area contributed by atoms with Crippen molar-refractivity contribution < 1.29 is 9.53 Å². The van der Waals surface area contributed by atoms with Gasteiger partial charge in [0, 0.05) is 44.7 Å². The van der Waals surface area contributed by atoms with Crippen molar-refractivity contribution in [2.24, 2.45) is 0 Å². The highest BCUT2D eigenvalue weighted by atomic mass is 16.5. The molecule has 100 valence electrons. The first-order valence-corrected chi connectivity index (χ1v) is 6.42. The maximum atomic E-state index is 11.6. The molecule has 0 aromatic carbocycles. The zero-order valence-electron chi connectivity index (χ0n) is 10.8.